The van der Waals surface area contributed by atoms with Crippen molar-refractivity contribution in [3.63, 3.8) is 0 Å². The Labute approximate surface area is 80.8 Å². The third-order valence-corrected chi connectivity index (χ3v) is 2.54. The van der Waals surface area contributed by atoms with E-state index in [1.54, 1.807) is 0 Å². The average Bonchev–Trinajstić information content (AvgIpc) is 2.13. The highest BCUT2D eigenvalue weighted by Crippen LogP contribution is 2.35. The van der Waals surface area contributed by atoms with Crippen LogP contribution in [0.4, 0.5) is 0 Å². The summed E-state index contributed by atoms with van der Waals surface area (Å²) in [5.41, 5.74) is 0. The van der Waals surface area contributed by atoms with E-state index < -0.39 is 0 Å². The van der Waals surface area contributed by atoms with E-state index in [-0.39, 0.29) is 0 Å². The van der Waals surface area contributed by atoms with Gasteiger partial charge in [0.2, 0.25) is 0 Å². The Hall–Kier alpha value is -0.820. The van der Waals surface area contributed by atoms with Crippen LogP contribution in [0, 0.1) is 5.92 Å². The minimum atomic E-state index is 0.362. The highest BCUT2D eigenvalue weighted by Gasteiger charge is 2.39. The molecule has 1 rings (SSSR count). The zero-order chi connectivity index (χ0) is 9.68. The molecule has 1 heterocycles. The first-order chi connectivity index (χ1) is 6.33. The van der Waals surface area contributed by atoms with Crippen LogP contribution >= 0.6 is 0 Å². The predicted octanol–water partition coefficient (Wildman–Crippen LogP) is 3.10. The van der Waals surface area contributed by atoms with Gasteiger partial charge in [0, 0.05) is 5.92 Å². The monoisotopic (exact) mass is 178 g/mol. The Morgan fingerprint density at radius 2 is 1.31 bits per heavy atom. The number of ether oxygens (including phenoxy) is 1. The average molecular weight is 178 g/mol. The van der Waals surface area contributed by atoms with E-state index in [4.69, 9.17) is 4.74 Å². The first-order valence-electron chi connectivity index (χ1n) is 4.81. The van der Waals surface area contributed by atoms with Crippen LogP contribution in [-0.4, -0.2) is 12.2 Å². The van der Waals surface area contributed by atoms with Crippen LogP contribution in [0.1, 0.15) is 19.3 Å². The minimum absolute atomic E-state index is 0.362. The fourth-order valence-corrected chi connectivity index (χ4v) is 1.86. The van der Waals surface area contributed by atoms with Gasteiger partial charge in [-0.05, 0) is 19.3 Å². The van der Waals surface area contributed by atoms with Crippen LogP contribution in [0.2, 0.25) is 0 Å². The van der Waals surface area contributed by atoms with Crippen LogP contribution in [0.15, 0.2) is 38.0 Å². The highest BCUT2D eigenvalue weighted by atomic mass is 16.5. The Morgan fingerprint density at radius 3 is 1.69 bits per heavy atom. The second-order valence-electron chi connectivity index (χ2n) is 3.45. The second-order valence-corrected chi connectivity index (χ2v) is 3.45. The fraction of sp³-hybridized carbons (Fsp3) is 0.500. The van der Waals surface area contributed by atoms with Crippen molar-refractivity contribution < 1.29 is 4.74 Å². The number of rotatable bonds is 6. The van der Waals surface area contributed by atoms with Crippen molar-refractivity contribution in [2.45, 2.75) is 31.5 Å². The molecule has 72 valence electrons. The van der Waals surface area contributed by atoms with Crippen LogP contribution in [0.25, 0.3) is 0 Å². The van der Waals surface area contributed by atoms with Gasteiger partial charge in [0.1, 0.15) is 0 Å². The Morgan fingerprint density at radius 1 is 0.846 bits per heavy atom. The van der Waals surface area contributed by atoms with Crippen LogP contribution in [-0.2, 0) is 4.74 Å². The van der Waals surface area contributed by atoms with Crippen molar-refractivity contribution in [3.8, 4) is 0 Å². The minimum Gasteiger partial charge on any atom is -0.374 e. The molecule has 0 radical (unpaired) electrons. The molecule has 0 aromatic carbocycles. The summed E-state index contributed by atoms with van der Waals surface area (Å²) in [4.78, 5) is 0. The van der Waals surface area contributed by atoms with Crippen molar-refractivity contribution in [1.82, 2.24) is 0 Å². The molecule has 0 aliphatic carbocycles. The predicted molar refractivity (Wildman–Crippen MR) is 56.6 cm³/mol. The van der Waals surface area contributed by atoms with Gasteiger partial charge in [0.05, 0.1) is 12.2 Å². The highest BCUT2D eigenvalue weighted by molar-refractivity contribution is 4.97. The van der Waals surface area contributed by atoms with Crippen molar-refractivity contribution in [2.24, 2.45) is 5.92 Å². The molecule has 1 heteroatoms. The lowest BCUT2D eigenvalue weighted by Gasteiger charge is -2.44. The normalized spacial score (nSPS) is 31.8. The summed E-state index contributed by atoms with van der Waals surface area (Å²) in [6.45, 7) is 11.2. The van der Waals surface area contributed by atoms with Gasteiger partial charge in [-0.1, -0.05) is 18.2 Å². The maximum Gasteiger partial charge on any atom is 0.0669 e. The number of allylic oxidation sites excluding steroid dienone is 1. The molecule has 0 N–H and O–H groups in total. The molecule has 1 nitrogen and oxygen atoms in total. The fourth-order valence-electron chi connectivity index (χ4n) is 1.86. The number of hydrogen-bond donors (Lipinski definition) is 0. The summed E-state index contributed by atoms with van der Waals surface area (Å²) in [7, 11) is 0. The number of hydrogen-bond acceptors (Lipinski definition) is 1. The molecule has 0 aromatic rings. The van der Waals surface area contributed by atoms with Gasteiger partial charge in [0.25, 0.3) is 0 Å². The molecule has 0 aromatic heterocycles. The van der Waals surface area contributed by atoms with Crippen molar-refractivity contribution >= 4 is 0 Å². The molecule has 0 spiro atoms. The summed E-state index contributed by atoms with van der Waals surface area (Å²) >= 11 is 0. The lowest BCUT2D eigenvalue weighted by Crippen LogP contribution is -2.47. The molecule has 13 heavy (non-hydrogen) atoms. The van der Waals surface area contributed by atoms with Gasteiger partial charge >= 0.3 is 0 Å². The summed E-state index contributed by atoms with van der Waals surface area (Å²) in [5, 5.41) is 0. The lowest BCUT2D eigenvalue weighted by molar-refractivity contribution is -0.178. The Balaban J connectivity index is 2.40. The van der Waals surface area contributed by atoms with Gasteiger partial charge in [-0.15, -0.1) is 19.7 Å². The maximum absolute atomic E-state index is 5.69. The van der Waals surface area contributed by atoms with Crippen LogP contribution in [0.3, 0.4) is 0 Å². The molecule has 0 bridgehead atoms. The van der Waals surface area contributed by atoms with Crippen molar-refractivity contribution in [1.29, 1.82) is 0 Å². The first kappa shape index (κ1) is 10.3. The van der Waals surface area contributed by atoms with Gasteiger partial charge in [-0.3, -0.25) is 0 Å². The first-order valence-corrected chi connectivity index (χ1v) is 4.81. The lowest BCUT2D eigenvalue weighted by atomic mass is 9.83. The van der Waals surface area contributed by atoms with Gasteiger partial charge in [-0.25, -0.2) is 0 Å². The Bertz CT molecular complexity index is 179. The Kier molecular flexibility index (Phi) is 3.97. The molecule has 0 saturated carbocycles. The summed E-state index contributed by atoms with van der Waals surface area (Å²) in [6.07, 6.45) is 9.48. The smallest absolute Gasteiger partial charge is 0.0669 e. The van der Waals surface area contributed by atoms with Crippen LogP contribution < -0.4 is 0 Å². The SMILES string of the molecule is C=CCC1OC(CC=C)C1CC=C. The molecule has 1 aliphatic heterocycles. The largest absolute Gasteiger partial charge is 0.374 e. The molecule has 1 fully saturated rings. The van der Waals surface area contributed by atoms with Gasteiger partial charge < -0.3 is 4.74 Å². The summed E-state index contributed by atoms with van der Waals surface area (Å²) in [6, 6.07) is 0. The molecule has 0 amide bonds. The molecule has 2 unspecified atom stereocenters. The molecule has 2 atom stereocenters. The summed E-state index contributed by atoms with van der Waals surface area (Å²) in [5.74, 6) is 0.619. The van der Waals surface area contributed by atoms with Gasteiger partial charge in [0.15, 0.2) is 0 Å². The van der Waals surface area contributed by atoms with E-state index in [0.29, 0.717) is 18.1 Å². The van der Waals surface area contributed by atoms with E-state index in [1.807, 2.05) is 18.2 Å². The zero-order valence-electron chi connectivity index (χ0n) is 8.11. The zero-order valence-corrected chi connectivity index (χ0v) is 8.11. The van der Waals surface area contributed by atoms with Crippen LogP contribution in [0.5, 0.6) is 0 Å². The molecular formula is C12H18O. The third-order valence-electron chi connectivity index (χ3n) is 2.54. The van der Waals surface area contributed by atoms with Crippen molar-refractivity contribution in [3.05, 3.63) is 38.0 Å². The standard InChI is InChI=1S/C12H18O/c1-4-7-10-11(8-5-2)13-12(10)9-6-3/h4-6,10-12H,1-3,7-9H2. The molecular weight excluding hydrogens is 160 g/mol. The van der Waals surface area contributed by atoms with E-state index in [9.17, 15) is 0 Å². The quantitative estimate of drug-likeness (QED) is 0.568. The van der Waals surface area contributed by atoms with E-state index in [1.165, 1.54) is 0 Å². The molecule has 1 saturated heterocycles. The van der Waals surface area contributed by atoms with E-state index >= 15 is 0 Å². The van der Waals surface area contributed by atoms with Crippen molar-refractivity contribution in [2.75, 3.05) is 0 Å². The molecule has 1 aliphatic rings. The third kappa shape index (κ3) is 2.31. The summed E-state index contributed by atoms with van der Waals surface area (Å²) < 4.78 is 5.69. The van der Waals surface area contributed by atoms with E-state index in [0.717, 1.165) is 19.3 Å². The van der Waals surface area contributed by atoms with Gasteiger partial charge in [-0.2, -0.15) is 0 Å². The maximum atomic E-state index is 5.69. The van der Waals surface area contributed by atoms with E-state index in [2.05, 4.69) is 19.7 Å². The topological polar surface area (TPSA) is 9.23 Å². The second kappa shape index (κ2) is 5.03.